The smallest absolute Gasteiger partial charge is 0.0220 e. The van der Waals surface area contributed by atoms with Gasteiger partial charge in [0.2, 0.25) is 0 Å². The lowest BCUT2D eigenvalue weighted by Crippen LogP contribution is -2.45. The zero-order chi connectivity index (χ0) is 12.3. The van der Waals surface area contributed by atoms with Crippen molar-refractivity contribution >= 4 is 0 Å². The average Bonchev–Trinajstić information content (AvgIpc) is 3.00. The molecule has 2 aliphatic carbocycles. The average molecular weight is 238 g/mol. The van der Waals surface area contributed by atoms with E-state index in [1.54, 1.807) is 0 Å². The summed E-state index contributed by atoms with van der Waals surface area (Å²) < 4.78 is 0. The molecule has 2 aliphatic rings. The van der Waals surface area contributed by atoms with Crippen molar-refractivity contribution in [2.75, 3.05) is 20.1 Å². The molecule has 0 aliphatic heterocycles. The van der Waals surface area contributed by atoms with Crippen LogP contribution < -0.4 is 5.32 Å². The second kappa shape index (κ2) is 6.19. The van der Waals surface area contributed by atoms with Gasteiger partial charge in [-0.3, -0.25) is 4.90 Å². The van der Waals surface area contributed by atoms with E-state index in [0.717, 1.165) is 23.9 Å². The van der Waals surface area contributed by atoms with Crippen molar-refractivity contribution in [3.8, 4) is 0 Å². The van der Waals surface area contributed by atoms with Gasteiger partial charge in [-0.1, -0.05) is 26.7 Å². The van der Waals surface area contributed by atoms with Crippen LogP contribution in [0.25, 0.3) is 0 Å². The lowest BCUT2D eigenvalue weighted by atomic mass is 9.97. The number of hydrogen-bond donors (Lipinski definition) is 1. The molecule has 2 nitrogen and oxygen atoms in total. The van der Waals surface area contributed by atoms with Crippen LogP contribution in [0.2, 0.25) is 0 Å². The molecule has 0 aromatic carbocycles. The molecule has 0 aromatic rings. The third-order valence-corrected chi connectivity index (χ3v) is 4.43. The summed E-state index contributed by atoms with van der Waals surface area (Å²) in [6.45, 7) is 7.26. The molecular weight excluding hydrogens is 208 g/mol. The van der Waals surface area contributed by atoms with E-state index in [1.807, 2.05) is 0 Å². The summed E-state index contributed by atoms with van der Waals surface area (Å²) in [4.78, 5) is 2.75. The molecule has 0 heterocycles. The Kier molecular flexibility index (Phi) is 4.87. The minimum absolute atomic E-state index is 0.733. The van der Waals surface area contributed by atoms with E-state index in [-0.39, 0.29) is 0 Å². The molecule has 2 heteroatoms. The molecule has 1 atom stereocenters. The maximum Gasteiger partial charge on any atom is 0.0220 e. The van der Waals surface area contributed by atoms with E-state index in [4.69, 9.17) is 0 Å². The van der Waals surface area contributed by atoms with Crippen molar-refractivity contribution in [1.29, 1.82) is 0 Å². The topological polar surface area (TPSA) is 15.3 Å². The highest BCUT2D eigenvalue weighted by atomic mass is 15.2. The Hall–Kier alpha value is -0.0800. The molecule has 2 fully saturated rings. The first-order valence-corrected chi connectivity index (χ1v) is 7.62. The molecule has 1 N–H and O–H groups in total. The van der Waals surface area contributed by atoms with Crippen LogP contribution >= 0.6 is 0 Å². The van der Waals surface area contributed by atoms with Gasteiger partial charge in [0.15, 0.2) is 0 Å². The molecular formula is C15H30N2. The second-order valence-electron chi connectivity index (χ2n) is 6.52. The highest BCUT2D eigenvalue weighted by Gasteiger charge is 2.33. The van der Waals surface area contributed by atoms with Crippen molar-refractivity contribution in [3.63, 3.8) is 0 Å². The predicted molar refractivity (Wildman–Crippen MR) is 74.2 cm³/mol. The molecule has 2 saturated carbocycles. The third-order valence-electron chi connectivity index (χ3n) is 4.43. The Labute approximate surface area is 107 Å². The standard InChI is InChI=1S/C15H30N2/c1-12(2)10-17(14-8-9-14)11-15(16-3)13-6-4-5-7-13/h12-16H,4-11H2,1-3H3. The van der Waals surface area contributed by atoms with Crippen LogP contribution in [0.1, 0.15) is 52.4 Å². The minimum Gasteiger partial charge on any atom is -0.315 e. The van der Waals surface area contributed by atoms with Crippen molar-refractivity contribution < 1.29 is 0 Å². The zero-order valence-corrected chi connectivity index (χ0v) is 11.9. The van der Waals surface area contributed by atoms with Crippen LogP contribution in [-0.2, 0) is 0 Å². The Morgan fingerprint density at radius 2 is 1.71 bits per heavy atom. The summed E-state index contributed by atoms with van der Waals surface area (Å²) in [5.74, 6) is 1.74. The van der Waals surface area contributed by atoms with Crippen LogP contribution in [-0.4, -0.2) is 37.1 Å². The highest BCUT2D eigenvalue weighted by molar-refractivity contribution is 4.90. The van der Waals surface area contributed by atoms with Gasteiger partial charge in [-0.05, 0) is 44.6 Å². The molecule has 0 radical (unpaired) electrons. The fourth-order valence-corrected chi connectivity index (χ4v) is 3.37. The number of nitrogens with zero attached hydrogens (tertiary/aromatic N) is 1. The van der Waals surface area contributed by atoms with Crippen molar-refractivity contribution in [2.24, 2.45) is 11.8 Å². The van der Waals surface area contributed by atoms with Gasteiger partial charge < -0.3 is 5.32 Å². The van der Waals surface area contributed by atoms with Crippen molar-refractivity contribution in [3.05, 3.63) is 0 Å². The van der Waals surface area contributed by atoms with Crippen LogP contribution in [0.4, 0.5) is 0 Å². The molecule has 2 rings (SSSR count). The molecule has 1 unspecified atom stereocenters. The first-order valence-electron chi connectivity index (χ1n) is 7.62. The second-order valence-corrected chi connectivity index (χ2v) is 6.52. The maximum absolute atomic E-state index is 3.59. The summed E-state index contributed by atoms with van der Waals surface area (Å²) in [7, 11) is 2.16. The normalized spacial score (nSPS) is 23.8. The van der Waals surface area contributed by atoms with E-state index < -0.39 is 0 Å². The van der Waals surface area contributed by atoms with Gasteiger partial charge in [-0.2, -0.15) is 0 Å². The van der Waals surface area contributed by atoms with Gasteiger partial charge in [0, 0.05) is 25.2 Å². The molecule has 0 aromatic heterocycles. The largest absolute Gasteiger partial charge is 0.315 e. The summed E-state index contributed by atoms with van der Waals surface area (Å²) >= 11 is 0. The molecule has 0 amide bonds. The molecule has 17 heavy (non-hydrogen) atoms. The van der Waals surface area contributed by atoms with Crippen LogP contribution in [0.15, 0.2) is 0 Å². The van der Waals surface area contributed by atoms with E-state index in [1.165, 1.54) is 51.6 Å². The minimum atomic E-state index is 0.733. The van der Waals surface area contributed by atoms with E-state index >= 15 is 0 Å². The van der Waals surface area contributed by atoms with E-state index in [2.05, 4.69) is 31.1 Å². The fraction of sp³-hybridized carbons (Fsp3) is 1.00. The summed E-state index contributed by atoms with van der Waals surface area (Å²) in [6.07, 6.45) is 8.69. The van der Waals surface area contributed by atoms with Crippen molar-refractivity contribution in [1.82, 2.24) is 10.2 Å². The number of nitrogens with one attached hydrogen (secondary N) is 1. The summed E-state index contributed by atoms with van der Waals surface area (Å²) in [5, 5.41) is 3.59. The van der Waals surface area contributed by atoms with Gasteiger partial charge in [0.05, 0.1) is 0 Å². The summed E-state index contributed by atoms with van der Waals surface area (Å²) in [6, 6.07) is 1.64. The molecule has 0 spiro atoms. The molecule has 0 bridgehead atoms. The first kappa shape index (κ1) is 13.4. The van der Waals surface area contributed by atoms with Crippen molar-refractivity contribution in [2.45, 2.75) is 64.5 Å². The SMILES string of the molecule is CNC(CN(CC(C)C)C1CC1)C1CCCC1. The Morgan fingerprint density at radius 1 is 1.06 bits per heavy atom. The monoisotopic (exact) mass is 238 g/mol. The zero-order valence-electron chi connectivity index (χ0n) is 11.9. The third kappa shape index (κ3) is 3.96. The molecule has 100 valence electrons. The van der Waals surface area contributed by atoms with Crippen LogP contribution in [0, 0.1) is 11.8 Å². The Balaban J connectivity index is 1.85. The summed E-state index contributed by atoms with van der Waals surface area (Å²) in [5.41, 5.74) is 0. The Bertz CT molecular complexity index is 217. The fourth-order valence-electron chi connectivity index (χ4n) is 3.37. The van der Waals surface area contributed by atoms with E-state index in [0.29, 0.717) is 0 Å². The van der Waals surface area contributed by atoms with Gasteiger partial charge >= 0.3 is 0 Å². The predicted octanol–water partition coefficient (Wildman–Crippen LogP) is 2.89. The highest BCUT2D eigenvalue weighted by Crippen LogP contribution is 2.31. The molecule has 0 saturated heterocycles. The van der Waals surface area contributed by atoms with Gasteiger partial charge in [-0.15, -0.1) is 0 Å². The maximum atomic E-state index is 3.59. The Morgan fingerprint density at radius 3 is 2.18 bits per heavy atom. The first-order chi connectivity index (χ1) is 8.20. The van der Waals surface area contributed by atoms with Gasteiger partial charge in [-0.25, -0.2) is 0 Å². The lowest BCUT2D eigenvalue weighted by Gasteiger charge is -2.31. The van der Waals surface area contributed by atoms with E-state index in [9.17, 15) is 0 Å². The number of hydrogen-bond acceptors (Lipinski definition) is 2. The van der Waals surface area contributed by atoms with Gasteiger partial charge in [0.25, 0.3) is 0 Å². The lowest BCUT2D eigenvalue weighted by molar-refractivity contribution is 0.187. The number of likely N-dealkylation sites (N-methyl/N-ethyl adjacent to an activating group) is 1. The number of rotatable bonds is 7. The van der Waals surface area contributed by atoms with Gasteiger partial charge in [0.1, 0.15) is 0 Å². The quantitative estimate of drug-likeness (QED) is 0.733. The van der Waals surface area contributed by atoms with Crippen LogP contribution in [0.3, 0.4) is 0 Å². The van der Waals surface area contributed by atoms with Crippen LogP contribution in [0.5, 0.6) is 0 Å².